The van der Waals surface area contributed by atoms with Crippen molar-refractivity contribution in [1.82, 2.24) is 15.3 Å². The molecule has 0 fully saturated rings. The fourth-order valence-corrected chi connectivity index (χ4v) is 2.82. The van der Waals surface area contributed by atoms with Gasteiger partial charge in [-0.2, -0.15) is 5.26 Å². The van der Waals surface area contributed by atoms with Crippen molar-refractivity contribution in [3.05, 3.63) is 60.2 Å². The van der Waals surface area contributed by atoms with Gasteiger partial charge in [0.05, 0.1) is 0 Å². The standard InChI is InChI=1S/C22H26N4O2/c1-16(2)14-20(22(28)26(4)25(3)15-23)24-21(27)19-12-10-18(11-13-19)17-8-6-5-7-9-17/h5-13,16,20H,14H2,1-4H3,(H,24,27)/t20-/m0/s1. The first-order valence-electron chi connectivity index (χ1n) is 9.20. The predicted molar refractivity (Wildman–Crippen MR) is 109 cm³/mol. The molecule has 0 unspecified atom stereocenters. The van der Waals surface area contributed by atoms with Crippen LogP contribution in [0.25, 0.3) is 11.1 Å². The molecule has 28 heavy (non-hydrogen) atoms. The lowest BCUT2D eigenvalue weighted by Crippen LogP contribution is -2.51. The number of nitrogens with one attached hydrogen (secondary N) is 1. The van der Waals surface area contributed by atoms with Crippen molar-refractivity contribution >= 4 is 11.8 Å². The Balaban J connectivity index is 2.14. The Morgan fingerprint density at radius 3 is 2.11 bits per heavy atom. The molecular formula is C22H26N4O2. The van der Waals surface area contributed by atoms with Crippen LogP contribution in [0.3, 0.4) is 0 Å². The average Bonchev–Trinajstić information content (AvgIpc) is 2.72. The highest BCUT2D eigenvalue weighted by atomic mass is 16.2. The van der Waals surface area contributed by atoms with Gasteiger partial charge in [-0.1, -0.05) is 56.3 Å². The third kappa shape index (κ3) is 5.34. The molecule has 0 bridgehead atoms. The van der Waals surface area contributed by atoms with Crippen molar-refractivity contribution < 1.29 is 9.59 Å². The molecule has 0 aromatic heterocycles. The molecule has 0 aliphatic rings. The van der Waals surface area contributed by atoms with Gasteiger partial charge in [-0.25, -0.2) is 10.0 Å². The summed E-state index contributed by atoms with van der Waals surface area (Å²) in [6, 6.07) is 16.5. The summed E-state index contributed by atoms with van der Waals surface area (Å²) in [6.07, 6.45) is 2.37. The van der Waals surface area contributed by atoms with Crippen LogP contribution in [-0.2, 0) is 4.79 Å². The van der Waals surface area contributed by atoms with Crippen molar-refractivity contribution in [2.24, 2.45) is 5.92 Å². The molecular weight excluding hydrogens is 352 g/mol. The zero-order chi connectivity index (χ0) is 20.7. The Labute approximate surface area is 166 Å². The van der Waals surface area contributed by atoms with E-state index in [1.54, 1.807) is 12.1 Å². The number of likely N-dealkylation sites (N-methyl/N-ethyl adjacent to an activating group) is 1. The molecule has 1 atom stereocenters. The SMILES string of the molecule is CC(C)C[C@H](NC(=O)c1ccc(-c2ccccc2)cc1)C(=O)N(C)N(C)C#N. The molecule has 2 aromatic rings. The van der Waals surface area contributed by atoms with Gasteiger partial charge < -0.3 is 5.32 Å². The van der Waals surface area contributed by atoms with Gasteiger partial charge in [-0.05, 0) is 35.6 Å². The summed E-state index contributed by atoms with van der Waals surface area (Å²) in [5.41, 5.74) is 2.57. The van der Waals surface area contributed by atoms with Gasteiger partial charge in [0.25, 0.3) is 11.8 Å². The smallest absolute Gasteiger partial charge is 0.263 e. The number of hydrogen-bond acceptors (Lipinski definition) is 4. The van der Waals surface area contributed by atoms with Crippen LogP contribution >= 0.6 is 0 Å². The van der Waals surface area contributed by atoms with Crippen LogP contribution in [-0.4, -0.2) is 42.0 Å². The van der Waals surface area contributed by atoms with E-state index >= 15 is 0 Å². The highest BCUT2D eigenvalue weighted by Crippen LogP contribution is 2.19. The Morgan fingerprint density at radius 1 is 1.00 bits per heavy atom. The maximum Gasteiger partial charge on any atom is 0.263 e. The molecule has 0 heterocycles. The van der Waals surface area contributed by atoms with Crippen molar-refractivity contribution in [2.45, 2.75) is 26.3 Å². The predicted octanol–water partition coefficient (Wildman–Crippen LogP) is 3.28. The second-order valence-electron chi connectivity index (χ2n) is 7.08. The van der Waals surface area contributed by atoms with E-state index in [1.807, 2.05) is 62.5 Å². The van der Waals surface area contributed by atoms with Gasteiger partial charge in [0, 0.05) is 19.7 Å². The van der Waals surface area contributed by atoms with E-state index in [0.717, 1.165) is 16.1 Å². The van der Waals surface area contributed by atoms with Gasteiger partial charge in [-0.15, -0.1) is 0 Å². The lowest BCUT2D eigenvalue weighted by molar-refractivity contribution is -0.142. The van der Waals surface area contributed by atoms with Crippen LogP contribution in [0.2, 0.25) is 0 Å². The van der Waals surface area contributed by atoms with E-state index in [2.05, 4.69) is 5.32 Å². The van der Waals surface area contributed by atoms with Crippen LogP contribution in [0.4, 0.5) is 0 Å². The number of benzene rings is 2. The highest BCUT2D eigenvalue weighted by molar-refractivity contribution is 5.97. The van der Waals surface area contributed by atoms with Crippen LogP contribution in [0.15, 0.2) is 54.6 Å². The molecule has 2 amide bonds. The molecule has 0 saturated heterocycles. The van der Waals surface area contributed by atoms with Crippen molar-refractivity contribution in [3.63, 3.8) is 0 Å². The molecule has 6 nitrogen and oxygen atoms in total. The average molecular weight is 378 g/mol. The van der Waals surface area contributed by atoms with Crippen molar-refractivity contribution in [1.29, 1.82) is 5.26 Å². The third-order valence-corrected chi connectivity index (χ3v) is 4.48. The number of nitriles is 1. The Hall–Kier alpha value is -3.33. The van der Waals surface area contributed by atoms with Gasteiger partial charge in [0.1, 0.15) is 6.04 Å². The lowest BCUT2D eigenvalue weighted by atomic mass is 10.0. The summed E-state index contributed by atoms with van der Waals surface area (Å²) in [4.78, 5) is 25.4. The number of hydrogen-bond donors (Lipinski definition) is 1. The summed E-state index contributed by atoms with van der Waals surface area (Å²) in [6.45, 7) is 3.96. The van der Waals surface area contributed by atoms with E-state index in [0.29, 0.717) is 12.0 Å². The van der Waals surface area contributed by atoms with E-state index < -0.39 is 6.04 Å². The van der Waals surface area contributed by atoms with Gasteiger partial charge in [0.15, 0.2) is 6.19 Å². The summed E-state index contributed by atoms with van der Waals surface area (Å²) in [7, 11) is 3.01. The fraction of sp³-hybridized carbons (Fsp3) is 0.318. The van der Waals surface area contributed by atoms with Crippen LogP contribution in [0, 0.1) is 17.4 Å². The number of rotatable bonds is 7. The zero-order valence-electron chi connectivity index (χ0n) is 16.7. The fourth-order valence-electron chi connectivity index (χ4n) is 2.82. The monoisotopic (exact) mass is 378 g/mol. The lowest BCUT2D eigenvalue weighted by Gasteiger charge is -2.28. The van der Waals surface area contributed by atoms with E-state index in [4.69, 9.17) is 5.26 Å². The quantitative estimate of drug-likeness (QED) is 0.456. The highest BCUT2D eigenvalue weighted by Gasteiger charge is 2.27. The van der Waals surface area contributed by atoms with E-state index in [9.17, 15) is 9.59 Å². The van der Waals surface area contributed by atoms with Gasteiger partial charge in [-0.3, -0.25) is 9.59 Å². The minimum absolute atomic E-state index is 0.204. The number of carbonyl (C=O) groups is 2. The Bertz CT molecular complexity index is 841. The number of amides is 2. The topological polar surface area (TPSA) is 76.4 Å². The summed E-state index contributed by atoms with van der Waals surface area (Å²) in [5.74, 6) is -0.436. The summed E-state index contributed by atoms with van der Waals surface area (Å²) in [5, 5.41) is 14.2. The van der Waals surface area contributed by atoms with E-state index in [-0.39, 0.29) is 17.7 Å². The number of hydrazine groups is 1. The first-order chi connectivity index (χ1) is 13.3. The summed E-state index contributed by atoms with van der Waals surface area (Å²) >= 11 is 0. The van der Waals surface area contributed by atoms with Crippen LogP contribution < -0.4 is 5.32 Å². The first kappa shape index (κ1) is 21.0. The molecule has 146 valence electrons. The molecule has 0 radical (unpaired) electrons. The first-order valence-corrected chi connectivity index (χ1v) is 9.20. The molecule has 2 rings (SSSR count). The zero-order valence-corrected chi connectivity index (χ0v) is 16.7. The Morgan fingerprint density at radius 2 is 1.57 bits per heavy atom. The summed E-state index contributed by atoms with van der Waals surface area (Å²) < 4.78 is 0. The molecule has 0 spiro atoms. The largest absolute Gasteiger partial charge is 0.340 e. The molecule has 0 aliphatic carbocycles. The van der Waals surface area contributed by atoms with Gasteiger partial charge in [0.2, 0.25) is 0 Å². The van der Waals surface area contributed by atoms with Gasteiger partial charge >= 0.3 is 0 Å². The minimum Gasteiger partial charge on any atom is -0.340 e. The van der Waals surface area contributed by atoms with Crippen molar-refractivity contribution in [3.8, 4) is 17.3 Å². The molecule has 2 aromatic carbocycles. The van der Waals surface area contributed by atoms with Crippen LogP contribution in [0.5, 0.6) is 0 Å². The molecule has 6 heteroatoms. The number of nitrogens with zero attached hydrogens (tertiary/aromatic N) is 3. The maximum absolute atomic E-state index is 12.7. The number of carbonyl (C=O) groups excluding carboxylic acids is 2. The minimum atomic E-state index is -0.706. The second-order valence-corrected chi connectivity index (χ2v) is 7.08. The molecule has 0 saturated carbocycles. The molecule has 1 N–H and O–H groups in total. The maximum atomic E-state index is 12.7. The van der Waals surface area contributed by atoms with E-state index in [1.165, 1.54) is 19.1 Å². The van der Waals surface area contributed by atoms with Crippen LogP contribution in [0.1, 0.15) is 30.6 Å². The third-order valence-electron chi connectivity index (χ3n) is 4.48. The normalized spacial score (nSPS) is 11.4. The molecule has 0 aliphatic heterocycles. The van der Waals surface area contributed by atoms with Crippen molar-refractivity contribution in [2.75, 3.05) is 14.1 Å². The second kappa shape index (κ2) is 9.56. The Kier molecular flexibility index (Phi) is 7.16.